The van der Waals surface area contributed by atoms with Gasteiger partial charge in [-0.15, -0.1) is 0 Å². The average Bonchev–Trinajstić information content (AvgIpc) is 3.77. The zero-order valence-electron chi connectivity index (χ0n) is 28.5. The van der Waals surface area contributed by atoms with E-state index in [-0.39, 0.29) is 35.0 Å². The molecule has 0 radical (unpaired) electrons. The number of esters is 2. The van der Waals surface area contributed by atoms with Gasteiger partial charge in [-0.1, -0.05) is 20.8 Å². The summed E-state index contributed by atoms with van der Waals surface area (Å²) in [5, 5.41) is 10.1. The number of carbonyl (C=O) groups is 2. The van der Waals surface area contributed by atoms with E-state index in [1.54, 1.807) is 0 Å². The summed E-state index contributed by atoms with van der Waals surface area (Å²) in [6.45, 7) is 14.9. The lowest BCUT2D eigenvalue weighted by molar-refractivity contribution is -0.184. The quantitative estimate of drug-likeness (QED) is 0.214. The molecule has 0 aromatic rings. The van der Waals surface area contributed by atoms with Crippen molar-refractivity contribution < 1.29 is 24.2 Å². The van der Waals surface area contributed by atoms with Crippen molar-refractivity contribution in [2.45, 2.75) is 138 Å². The van der Waals surface area contributed by atoms with Gasteiger partial charge in [0.05, 0.1) is 24.0 Å². The fraction of sp³-hybridized carbons (Fsp3) is 0.947. The highest BCUT2D eigenvalue weighted by molar-refractivity contribution is 5.76. The highest BCUT2D eigenvalue weighted by Gasteiger charge is 2.68. The molecule has 7 atom stereocenters. The summed E-state index contributed by atoms with van der Waals surface area (Å²) >= 11 is 0. The van der Waals surface area contributed by atoms with Gasteiger partial charge >= 0.3 is 11.9 Å². The van der Waals surface area contributed by atoms with Crippen LogP contribution < -0.4 is 0 Å². The molecule has 5 heteroatoms. The van der Waals surface area contributed by atoms with Crippen molar-refractivity contribution in [2.75, 3.05) is 13.2 Å². The molecule has 8 fully saturated rings. The Morgan fingerprint density at radius 2 is 1.30 bits per heavy atom. The Morgan fingerprint density at radius 1 is 0.744 bits per heavy atom. The van der Waals surface area contributed by atoms with Crippen LogP contribution in [0.4, 0.5) is 0 Å². The number of rotatable bonds is 9. The molecule has 8 aliphatic carbocycles. The topological polar surface area (TPSA) is 72.8 Å². The summed E-state index contributed by atoms with van der Waals surface area (Å²) in [4.78, 5) is 25.0. The molecule has 0 amide bonds. The standard InChI is InChI=1S/C20H32O2.C18H30O3/c1-5-19(3,4)18(21)22-20(6-2)11-14-10-15(20)17-13-8-7-12(9-13)16(14)17;1-4-17(2,3)16(20)21-11-18(10-19)14-6-12-5-13(8-14)9-15(18)7-12/h12-17H,5-11H2,1-4H3;12-15,19H,4-11H2,1-3H3. The van der Waals surface area contributed by atoms with Crippen molar-refractivity contribution in [3.05, 3.63) is 0 Å². The summed E-state index contributed by atoms with van der Waals surface area (Å²) in [6.07, 6.45) is 15.9. The molecule has 1 N–H and O–H groups in total. The zero-order chi connectivity index (χ0) is 30.9. The summed E-state index contributed by atoms with van der Waals surface area (Å²) in [6, 6.07) is 0. The van der Waals surface area contributed by atoms with E-state index in [0.717, 1.165) is 67.1 Å². The van der Waals surface area contributed by atoms with E-state index >= 15 is 0 Å². The van der Waals surface area contributed by atoms with Gasteiger partial charge in [-0.3, -0.25) is 9.59 Å². The maximum Gasteiger partial charge on any atom is 0.312 e. The average molecular weight is 599 g/mol. The van der Waals surface area contributed by atoms with Crippen molar-refractivity contribution in [3.63, 3.8) is 0 Å². The second-order valence-electron chi connectivity index (χ2n) is 17.8. The molecule has 5 nitrogen and oxygen atoms in total. The van der Waals surface area contributed by atoms with Crippen molar-refractivity contribution in [2.24, 2.45) is 75.4 Å². The van der Waals surface area contributed by atoms with E-state index in [1.165, 1.54) is 57.8 Å². The van der Waals surface area contributed by atoms with E-state index < -0.39 is 5.41 Å². The molecule has 0 aromatic carbocycles. The smallest absolute Gasteiger partial charge is 0.312 e. The maximum atomic E-state index is 12.7. The Balaban J connectivity index is 0.000000153. The third-order valence-electron chi connectivity index (χ3n) is 15.2. The number of fused-ring (bicyclic) bond motifs is 9. The van der Waals surface area contributed by atoms with Crippen LogP contribution in [0.25, 0.3) is 0 Å². The molecule has 8 saturated carbocycles. The first kappa shape index (κ1) is 31.9. The van der Waals surface area contributed by atoms with Crippen LogP contribution in [-0.4, -0.2) is 35.9 Å². The van der Waals surface area contributed by atoms with Crippen molar-refractivity contribution in [1.29, 1.82) is 0 Å². The van der Waals surface area contributed by atoms with Gasteiger partial charge in [0.1, 0.15) is 5.60 Å². The molecule has 43 heavy (non-hydrogen) atoms. The van der Waals surface area contributed by atoms with E-state index in [0.29, 0.717) is 24.4 Å². The SMILES string of the molecule is CCC(C)(C)C(=O)OC1(CC)CC2CC1C1C3CCC(C3)C21.CCC(C)(C)C(=O)OCC1(CO)C2CC3CC(C2)CC1C3. The molecule has 0 aliphatic heterocycles. The molecule has 8 aliphatic rings. The number of hydrogen-bond acceptors (Lipinski definition) is 5. The molecule has 0 heterocycles. The molecule has 0 spiro atoms. The second kappa shape index (κ2) is 11.3. The normalized spacial score (nSPS) is 45.1. The zero-order valence-corrected chi connectivity index (χ0v) is 28.5. The predicted octanol–water partition coefficient (Wildman–Crippen LogP) is 8.22. The third-order valence-corrected chi connectivity index (χ3v) is 15.2. The summed E-state index contributed by atoms with van der Waals surface area (Å²) < 4.78 is 12.0. The van der Waals surface area contributed by atoms with Crippen LogP contribution in [0.3, 0.4) is 0 Å². The second-order valence-corrected chi connectivity index (χ2v) is 17.8. The summed E-state index contributed by atoms with van der Waals surface area (Å²) in [5.41, 5.74) is -1.02. The maximum absolute atomic E-state index is 12.7. The Bertz CT molecular complexity index is 1030. The minimum atomic E-state index is -0.414. The van der Waals surface area contributed by atoms with Gasteiger partial charge in [0.25, 0.3) is 0 Å². The number of hydrogen-bond donors (Lipinski definition) is 1. The molecule has 8 bridgehead atoms. The first-order valence-electron chi connectivity index (χ1n) is 18.3. The lowest BCUT2D eigenvalue weighted by Crippen LogP contribution is -2.57. The van der Waals surface area contributed by atoms with Crippen LogP contribution in [0.15, 0.2) is 0 Å². The fourth-order valence-corrected chi connectivity index (χ4v) is 12.0. The van der Waals surface area contributed by atoms with Crippen molar-refractivity contribution >= 4 is 11.9 Å². The van der Waals surface area contributed by atoms with Gasteiger partial charge in [0.2, 0.25) is 0 Å². The lowest BCUT2D eigenvalue weighted by atomic mass is 9.45. The Labute approximate surface area is 262 Å². The first-order chi connectivity index (χ1) is 20.3. The number of aliphatic hydroxyl groups excluding tert-OH is 1. The van der Waals surface area contributed by atoms with Crippen LogP contribution in [0.5, 0.6) is 0 Å². The van der Waals surface area contributed by atoms with Crippen LogP contribution >= 0.6 is 0 Å². The van der Waals surface area contributed by atoms with Gasteiger partial charge in [-0.25, -0.2) is 0 Å². The van der Waals surface area contributed by atoms with Crippen LogP contribution in [0, 0.1) is 75.4 Å². The van der Waals surface area contributed by atoms with E-state index in [9.17, 15) is 14.7 Å². The van der Waals surface area contributed by atoms with Gasteiger partial charge in [0.15, 0.2) is 0 Å². The van der Waals surface area contributed by atoms with Crippen LogP contribution in [0.1, 0.15) is 132 Å². The van der Waals surface area contributed by atoms with Crippen LogP contribution in [0.2, 0.25) is 0 Å². The fourth-order valence-electron chi connectivity index (χ4n) is 12.0. The number of ether oxygens (including phenoxy) is 2. The molecule has 0 saturated heterocycles. The van der Waals surface area contributed by atoms with E-state index in [1.807, 2.05) is 34.6 Å². The predicted molar refractivity (Wildman–Crippen MR) is 169 cm³/mol. The minimum Gasteiger partial charge on any atom is -0.465 e. The first-order valence-corrected chi connectivity index (χ1v) is 18.3. The molecular weight excluding hydrogens is 536 g/mol. The minimum absolute atomic E-state index is 0.0455. The highest BCUT2D eigenvalue weighted by Crippen LogP contribution is 2.71. The highest BCUT2D eigenvalue weighted by atomic mass is 16.6. The number of aliphatic hydroxyl groups is 1. The summed E-state index contributed by atoms with van der Waals surface area (Å²) in [5.74, 6) is 8.17. The van der Waals surface area contributed by atoms with Gasteiger partial charge in [0, 0.05) is 11.3 Å². The van der Waals surface area contributed by atoms with E-state index in [4.69, 9.17) is 9.47 Å². The Kier molecular flexibility index (Phi) is 8.38. The van der Waals surface area contributed by atoms with Crippen molar-refractivity contribution in [3.8, 4) is 0 Å². The lowest BCUT2D eigenvalue weighted by Gasteiger charge is -2.60. The third kappa shape index (κ3) is 5.12. The molecule has 0 aromatic heterocycles. The van der Waals surface area contributed by atoms with Gasteiger partial charge < -0.3 is 14.6 Å². The Hall–Kier alpha value is -1.10. The van der Waals surface area contributed by atoms with Gasteiger partial charge in [-0.2, -0.15) is 0 Å². The molecule has 244 valence electrons. The summed E-state index contributed by atoms with van der Waals surface area (Å²) in [7, 11) is 0. The number of carbonyl (C=O) groups excluding carboxylic acids is 2. The van der Waals surface area contributed by atoms with Crippen LogP contribution in [-0.2, 0) is 19.1 Å². The monoisotopic (exact) mass is 598 g/mol. The molecule has 7 unspecified atom stereocenters. The van der Waals surface area contributed by atoms with Gasteiger partial charge in [-0.05, 0) is 164 Å². The largest absolute Gasteiger partial charge is 0.465 e. The molecular formula is C38H62O5. The molecule has 8 rings (SSSR count). The van der Waals surface area contributed by atoms with Crippen molar-refractivity contribution in [1.82, 2.24) is 0 Å². The Morgan fingerprint density at radius 3 is 1.84 bits per heavy atom. The van der Waals surface area contributed by atoms with E-state index in [2.05, 4.69) is 13.8 Å².